The van der Waals surface area contributed by atoms with Gasteiger partial charge in [0.1, 0.15) is 23.9 Å². The van der Waals surface area contributed by atoms with Crippen molar-refractivity contribution in [2.75, 3.05) is 0 Å². The first-order chi connectivity index (χ1) is 20.3. The summed E-state index contributed by atoms with van der Waals surface area (Å²) in [5.41, 5.74) is 18.0. The molecular weight excluding hydrogens is 562 g/mol. The van der Waals surface area contributed by atoms with Crippen LogP contribution in [0.4, 0.5) is 0 Å². The van der Waals surface area contributed by atoms with Crippen LogP contribution in [0.1, 0.15) is 24.0 Å². The Balaban J connectivity index is 1.91. The summed E-state index contributed by atoms with van der Waals surface area (Å²) in [4.78, 5) is 77.1. The summed E-state index contributed by atoms with van der Waals surface area (Å²) in [5, 5.41) is 27.1. The lowest BCUT2D eigenvalue weighted by molar-refractivity contribution is -0.143. The maximum Gasteiger partial charge on any atom is 0.326 e. The number of H-pyrrole nitrogens is 1. The van der Waals surface area contributed by atoms with Gasteiger partial charge < -0.3 is 48.3 Å². The zero-order valence-corrected chi connectivity index (χ0v) is 22.9. The minimum Gasteiger partial charge on any atom is -0.508 e. The fourth-order valence-electron chi connectivity index (χ4n) is 4.34. The molecule has 0 aliphatic heterocycles. The van der Waals surface area contributed by atoms with Gasteiger partial charge >= 0.3 is 5.97 Å². The Morgan fingerprint density at radius 2 is 1.30 bits per heavy atom. The molecule has 0 fully saturated rings. The van der Waals surface area contributed by atoms with Gasteiger partial charge in [0.05, 0.1) is 18.9 Å². The van der Waals surface area contributed by atoms with E-state index in [9.17, 15) is 39.0 Å². The Bertz CT molecular complexity index is 1500. The second kappa shape index (κ2) is 14.5. The molecule has 5 amide bonds. The van der Waals surface area contributed by atoms with Gasteiger partial charge in [-0.3, -0.25) is 24.0 Å². The molecule has 0 aliphatic carbocycles. The lowest BCUT2D eigenvalue weighted by Crippen LogP contribution is -2.58. The van der Waals surface area contributed by atoms with Crippen LogP contribution < -0.4 is 33.2 Å². The summed E-state index contributed by atoms with van der Waals surface area (Å²) in [6, 6.07) is 7.22. The molecule has 0 aliphatic rings. The molecule has 3 rings (SSSR count). The van der Waals surface area contributed by atoms with Crippen molar-refractivity contribution in [2.45, 2.75) is 49.9 Å². The zero-order chi connectivity index (χ0) is 31.7. The third kappa shape index (κ3) is 9.29. The molecule has 0 saturated carbocycles. The lowest BCUT2D eigenvalue weighted by Gasteiger charge is -2.25. The number of aromatic nitrogens is 1. The van der Waals surface area contributed by atoms with E-state index in [0.29, 0.717) is 11.1 Å². The molecule has 0 saturated heterocycles. The number of hydrogen-bond acceptors (Lipinski definition) is 8. The van der Waals surface area contributed by atoms with Gasteiger partial charge in [-0.2, -0.15) is 0 Å². The number of carbonyl (C=O) groups excluding carboxylic acids is 5. The Kier molecular flexibility index (Phi) is 10.8. The van der Waals surface area contributed by atoms with Crippen molar-refractivity contribution in [1.29, 1.82) is 0 Å². The summed E-state index contributed by atoms with van der Waals surface area (Å²) in [5.74, 6) is -5.98. The molecule has 3 aromatic rings. The molecule has 12 N–H and O–H groups in total. The number of aromatic hydroxyl groups is 1. The number of amides is 5. The third-order valence-corrected chi connectivity index (χ3v) is 6.52. The molecule has 2 aromatic carbocycles. The highest BCUT2D eigenvalue weighted by Gasteiger charge is 2.32. The van der Waals surface area contributed by atoms with Crippen LogP contribution in [0, 0.1) is 0 Å². The largest absolute Gasteiger partial charge is 0.508 e. The second-order valence-electron chi connectivity index (χ2n) is 9.90. The van der Waals surface area contributed by atoms with Gasteiger partial charge in [-0.15, -0.1) is 0 Å². The average Bonchev–Trinajstić information content (AvgIpc) is 3.35. The van der Waals surface area contributed by atoms with Crippen molar-refractivity contribution in [3.63, 3.8) is 0 Å². The van der Waals surface area contributed by atoms with Crippen LogP contribution in [-0.4, -0.2) is 74.9 Å². The van der Waals surface area contributed by atoms with E-state index in [1.165, 1.54) is 24.3 Å². The number of rotatable bonds is 15. The second-order valence-corrected chi connectivity index (χ2v) is 9.90. The third-order valence-electron chi connectivity index (χ3n) is 6.52. The molecule has 0 radical (unpaired) electrons. The van der Waals surface area contributed by atoms with Crippen LogP contribution in [0.3, 0.4) is 0 Å². The van der Waals surface area contributed by atoms with Gasteiger partial charge in [-0.25, -0.2) is 4.79 Å². The summed E-state index contributed by atoms with van der Waals surface area (Å²) in [7, 11) is 0. The number of aliphatic carboxylic acids is 1. The van der Waals surface area contributed by atoms with Crippen molar-refractivity contribution in [3.05, 3.63) is 65.9 Å². The molecule has 15 heteroatoms. The van der Waals surface area contributed by atoms with E-state index in [0.717, 1.165) is 10.9 Å². The van der Waals surface area contributed by atoms with Crippen LogP contribution in [0.2, 0.25) is 0 Å². The number of nitrogens with one attached hydrogen (secondary N) is 4. The first-order valence-electron chi connectivity index (χ1n) is 13.1. The van der Waals surface area contributed by atoms with E-state index < -0.39 is 72.5 Å². The molecule has 4 unspecified atom stereocenters. The van der Waals surface area contributed by atoms with Crippen LogP contribution in [0.15, 0.2) is 54.7 Å². The topological polar surface area (TPSA) is 273 Å². The molecule has 0 spiro atoms. The van der Waals surface area contributed by atoms with E-state index in [-0.39, 0.29) is 18.6 Å². The number of nitrogens with two attached hydrogens (primary N) is 3. The van der Waals surface area contributed by atoms with E-state index in [1.54, 1.807) is 12.3 Å². The SMILES string of the molecule is NC(=O)CC(N)C(=O)NC(Cc1c[nH]c2ccccc12)C(=O)NC(Cc1ccc(O)cc1)C(=O)NC(CC(N)=O)C(=O)O. The predicted octanol–water partition coefficient (Wildman–Crippen LogP) is -1.72. The summed E-state index contributed by atoms with van der Waals surface area (Å²) >= 11 is 0. The highest BCUT2D eigenvalue weighted by molar-refractivity contribution is 5.96. The lowest BCUT2D eigenvalue weighted by atomic mass is 10.0. The Morgan fingerprint density at radius 3 is 1.91 bits per heavy atom. The summed E-state index contributed by atoms with van der Waals surface area (Å²) in [6.07, 6.45) is 0.267. The number of primary amides is 2. The number of phenolic OH excluding ortho intramolecular Hbond substituents is 1. The van der Waals surface area contributed by atoms with E-state index in [1.807, 2.05) is 18.2 Å². The number of phenols is 1. The van der Waals surface area contributed by atoms with Crippen molar-refractivity contribution in [3.8, 4) is 5.75 Å². The molecule has 43 heavy (non-hydrogen) atoms. The number of carboxylic acid groups (broad SMARTS) is 1. The minimum absolute atomic E-state index is 0.0463. The van der Waals surface area contributed by atoms with Gasteiger partial charge in [0.15, 0.2) is 0 Å². The fraction of sp³-hybridized carbons (Fsp3) is 0.286. The molecular formula is C28H33N7O8. The molecule has 1 heterocycles. The van der Waals surface area contributed by atoms with Crippen molar-refractivity contribution in [1.82, 2.24) is 20.9 Å². The number of fused-ring (bicyclic) bond motifs is 1. The molecule has 4 atom stereocenters. The quantitative estimate of drug-likeness (QED) is 0.0964. The number of carboxylic acids is 1. The van der Waals surface area contributed by atoms with E-state index >= 15 is 0 Å². The number of para-hydroxylation sites is 1. The maximum absolute atomic E-state index is 13.7. The number of benzene rings is 2. The monoisotopic (exact) mass is 595 g/mol. The molecule has 228 valence electrons. The van der Waals surface area contributed by atoms with E-state index in [4.69, 9.17) is 17.2 Å². The molecule has 15 nitrogen and oxygen atoms in total. The van der Waals surface area contributed by atoms with Crippen LogP contribution in [0.5, 0.6) is 5.75 Å². The Hall–Kier alpha value is -5.44. The summed E-state index contributed by atoms with van der Waals surface area (Å²) < 4.78 is 0. The first-order valence-corrected chi connectivity index (χ1v) is 13.1. The fourth-order valence-corrected chi connectivity index (χ4v) is 4.34. The van der Waals surface area contributed by atoms with Gasteiger partial charge in [0, 0.05) is 29.9 Å². The summed E-state index contributed by atoms with van der Waals surface area (Å²) in [6.45, 7) is 0. The van der Waals surface area contributed by atoms with Gasteiger partial charge in [-0.05, 0) is 29.3 Å². The minimum atomic E-state index is -1.67. The Labute approximate surface area is 245 Å². The van der Waals surface area contributed by atoms with Gasteiger partial charge in [0.25, 0.3) is 0 Å². The van der Waals surface area contributed by atoms with Gasteiger partial charge in [0.2, 0.25) is 29.5 Å². The number of carbonyl (C=O) groups is 6. The standard InChI is InChI=1S/C28H33N7O8/c29-18(11-23(30)37)25(39)33-21(10-15-13-32-19-4-2-1-3-17(15)19)27(41)34-20(9-14-5-7-16(36)8-6-14)26(40)35-22(28(42)43)12-24(31)38/h1-8,13,18,20-22,32,36H,9-12,29H2,(H2,30,37)(H2,31,38)(H,33,39)(H,34,41)(H,35,40)(H,42,43). The molecule has 0 bridgehead atoms. The molecule has 1 aromatic heterocycles. The van der Waals surface area contributed by atoms with Crippen LogP contribution in [0.25, 0.3) is 10.9 Å². The number of aromatic amines is 1. The van der Waals surface area contributed by atoms with Gasteiger partial charge in [-0.1, -0.05) is 30.3 Å². The average molecular weight is 596 g/mol. The van der Waals surface area contributed by atoms with Crippen molar-refractivity contribution >= 4 is 46.4 Å². The number of hydrogen-bond donors (Lipinski definition) is 9. The van der Waals surface area contributed by atoms with Crippen molar-refractivity contribution in [2.24, 2.45) is 17.2 Å². The highest BCUT2D eigenvalue weighted by atomic mass is 16.4. The maximum atomic E-state index is 13.7. The first kappa shape index (κ1) is 32.1. The highest BCUT2D eigenvalue weighted by Crippen LogP contribution is 2.19. The zero-order valence-electron chi connectivity index (χ0n) is 22.9. The van der Waals surface area contributed by atoms with E-state index in [2.05, 4.69) is 20.9 Å². The van der Waals surface area contributed by atoms with Crippen molar-refractivity contribution < 1.29 is 39.0 Å². The van der Waals surface area contributed by atoms with Crippen LogP contribution >= 0.6 is 0 Å². The smallest absolute Gasteiger partial charge is 0.326 e. The Morgan fingerprint density at radius 1 is 0.744 bits per heavy atom. The predicted molar refractivity (Wildman–Crippen MR) is 153 cm³/mol. The normalized spacial score (nSPS) is 13.7. The van der Waals surface area contributed by atoms with Crippen LogP contribution in [-0.2, 0) is 41.6 Å².